The summed E-state index contributed by atoms with van der Waals surface area (Å²) in [7, 11) is 1.38. The summed E-state index contributed by atoms with van der Waals surface area (Å²) in [6, 6.07) is -0.220. The van der Waals surface area contributed by atoms with Crippen molar-refractivity contribution in [2.45, 2.75) is 31.7 Å². The molecule has 6 nitrogen and oxygen atoms in total. The van der Waals surface area contributed by atoms with Gasteiger partial charge in [0.05, 0.1) is 7.11 Å². The van der Waals surface area contributed by atoms with Gasteiger partial charge in [0, 0.05) is 25.9 Å². The minimum absolute atomic E-state index is 0.103. The number of imide groups is 1. The Morgan fingerprint density at radius 1 is 1.28 bits per heavy atom. The SMILES string of the molecule is COC(=O)C1CCCN1CCN1C(=O)CCC1=O. The van der Waals surface area contributed by atoms with E-state index in [4.69, 9.17) is 4.74 Å². The number of methoxy groups -OCH3 is 1. The molecule has 2 aliphatic heterocycles. The van der Waals surface area contributed by atoms with Crippen LogP contribution >= 0.6 is 0 Å². The fraction of sp³-hybridized carbons (Fsp3) is 0.750. The molecule has 2 aliphatic rings. The van der Waals surface area contributed by atoms with Crippen molar-refractivity contribution in [3.63, 3.8) is 0 Å². The maximum Gasteiger partial charge on any atom is 0.323 e. The Kier molecular flexibility index (Phi) is 3.96. The predicted octanol–water partition coefficient (Wildman–Crippen LogP) is -0.227. The van der Waals surface area contributed by atoms with Crippen molar-refractivity contribution < 1.29 is 19.1 Å². The second kappa shape index (κ2) is 5.48. The van der Waals surface area contributed by atoms with E-state index < -0.39 is 0 Å². The second-order valence-electron chi connectivity index (χ2n) is 4.66. The van der Waals surface area contributed by atoms with Crippen LogP contribution in [0.2, 0.25) is 0 Å². The van der Waals surface area contributed by atoms with E-state index in [2.05, 4.69) is 0 Å². The minimum Gasteiger partial charge on any atom is -0.468 e. The van der Waals surface area contributed by atoms with Crippen molar-refractivity contribution in [2.75, 3.05) is 26.7 Å². The van der Waals surface area contributed by atoms with E-state index >= 15 is 0 Å². The van der Waals surface area contributed by atoms with Crippen LogP contribution in [0.15, 0.2) is 0 Å². The van der Waals surface area contributed by atoms with Gasteiger partial charge >= 0.3 is 5.97 Å². The van der Waals surface area contributed by atoms with Crippen LogP contribution in [0, 0.1) is 0 Å². The van der Waals surface area contributed by atoms with Gasteiger partial charge in [-0.05, 0) is 19.4 Å². The zero-order valence-corrected chi connectivity index (χ0v) is 10.6. The van der Waals surface area contributed by atoms with E-state index in [0.29, 0.717) is 25.9 Å². The van der Waals surface area contributed by atoms with Crippen LogP contribution in [-0.2, 0) is 19.1 Å². The van der Waals surface area contributed by atoms with Crippen molar-refractivity contribution in [2.24, 2.45) is 0 Å². The summed E-state index contributed by atoms with van der Waals surface area (Å²) < 4.78 is 4.75. The summed E-state index contributed by atoms with van der Waals surface area (Å²) in [4.78, 5) is 37.7. The standard InChI is InChI=1S/C12H18N2O4/c1-18-12(17)9-3-2-6-13(9)7-8-14-10(15)4-5-11(14)16/h9H,2-8H2,1H3. The van der Waals surface area contributed by atoms with Gasteiger partial charge < -0.3 is 4.74 Å². The van der Waals surface area contributed by atoms with E-state index in [1.807, 2.05) is 4.90 Å². The monoisotopic (exact) mass is 254 g/mol. The number of carbonyl (C=O) groups is 3. The molecule has 1 unspecified atom stereocenters. The number of hydrogen-bond donors (Lipinski definition) is 0. The van der Waals surface area contributed by atoms with Crippen molar-refractivity contribution in [1.82, 2.24) is 9.80 Å². The van der Waals surface area contributed by atoms with Gasteiger partial charge in [-0.3, -0.25) is 24.2 Å². The molecule has 0 bridgehead atoms. The summed E-state index contributed by atoms with van der Waals surface area (Å²) in [5, 5.41) is 0. The average Bonchev–Trinajstić information content (AvgIpc) is 2.94. The third kappa shape index (κ3) is 2.53. The zero-order chi connectivity index (χ0) is 13.1. The highest BCUT2D eigenvalue weighted by Gasteiger charge is 2.34. The highest BCUT2D eigenvalue weighted by atomic mass is 16.5. The molecule has 100 valence electrons. The number of likely N-dealkylation sites (tertiary alicyclic amines) is 2. The molecule has 0 radical (unpaired) electrons. The Bertz CT molecular complexity index is 353. The van der Waals surface area contributed by atoms with Gasteiger partial charge in [-0.15, -0.1) is 0 Å². The molecule has 0 aromatic carbocycles. The summed E-state index contributed by atoms with van der Waals surface area (Å²) in [5.41, 5.74) is 0. The molecular weight excluding hydrogens is 236 g/mol. The second-order valence-corrected chi connectivity index (χ2v) is 4.66. The Labute approximate surface area is 106 Å². The Morgan fingerprint density at radius 3 is 2.56 bits per heavy atom. The van der Waals surface area contributed by atoms with Gasteiger partial charge in [0.25, 0.3) is 0 Å². The summed E-state index contributed by atoms with van der Waals surface area (Å²) in [6.45, 7) is 1.75. The summed E-state index contributed by atoms with van der Waals surface area (Å²) >= 11 is 0. The van der Waals surface area contributed by atoms with Gasteiger partial charge in [-0.2, -0.15) is 0 Å². The molecule has 1 atom stereocenters. The maximum absolute atomic E-state index is 11.5. The molecule has 18 heavy (non-hydrogen) atoms. The van der Waals surface area contributed by atoms with Crippen molar-refractivity contribution in [3.8, 4) is 0 Å². The van der Waals surface area contributed by atoms with Crippen LogP contribution in [0.3, 0.4) is 0 Å². The first-order valence-corrected chi connectivity index (χ1v) is 6.28. The first-order valence-electron chi connectivity index (χ1n) is 6.28. The molecule has 2 amide bonds. The number of hydrogen-bond acceptors (Lipinski definition) is 5. The van der Waals surface area contributed by atoms with Crippen molar-refractivity contribution in [1.29, 1.82) is 0 Å². The van der Waals surface area contributed by atoms with Gasteiger partial charge in [-0.25, -0.2) is 0 Å². The Balaban J connectivity index is 1.87. The molecule has 0 spiro atoms. The number of carbonyl (C=O) groups excluding carboxylic acids is 3. The van der Waals surface area contributed by atoms with E-state index in [1.165, 1.54) is 12.0 Å². The van der Waals surface area contributed by atoms with Crippen LogP contribution in [0.5, 0.6) is 0 Å². The quantitative estimate of drug-likeness (QED) is 0.512. The van der Waals surface area contributed by atoms with E-state index in [1.54, 1.807) is 0 Å². The van der Waals surface area contributed by atoms with Gasteiger partial charge in [0.15, 0.2) is 0 Å². The fourth-order valence-electron chi connectivity index (χ4n) is 2.60. The van der Waals surface area contributed by atoms with Gasteiger partial charge in [0.2, 0.25) is 11.8 Å². The Morgan fingerprint density at radius 2 is 1.94 bits per heavy atom. The van der Waals surface area contributed by atoms with Gasteiger partial charge in [0.1, 0.15) is 6.04 Å². The van der Waals surface area contributed by atoms with Crippen LogP contribution in [-0.4, -0.2) is 60.4 Å². The van der Waals surface area contributed by atoms with Crippen molar-refractivity contribution in [3.05, 3.63) is 0 Å². The zero-order valence-electron chi connectivity index (χ0n) is 10.6. The normalized spacial score (nSPS) is 24.9. The molecule has 2 rings (SSSR count). The first kappa shape index (κ1) is 13.0. The molecule has 6 heteroatoms. The lowest BCUT2D eigenvalue weighted by Gasteiger charge is -2.24. The molecule has 2 fully saturated rings. The summed E-state index contributed by atoms with van der Waals surface area (Å²) in [6.07, 6.45) is 2.37. The fourth-order valence-corrected chi connectivity index (χ4v) is 2.60. The van der Waals surface area contributed by atoms with Gasteiger partial charge in [-0.1, -0.05) is 0 Å². The van der Waals surface area contributed by atoms with Crippen LogP contribution in [0.4, 0.5) is 0 Å². The van der Waals surface area contributed by atoms with E-state index in [9.17, 15) is 14.4 Å². The molecule has 0 aromatic heterocycles. The number of esters is 1. The number of amides is 2. The lowest BCUT2D eigenvalue weighted by molar-refractivity contribution is -0.145. The number of ether oxygens (including phenoxy) is 1. The highest BCUT2D eigenvalue weighted by Crippen LogP contribution is 2.19. The average molecular weight is 254 g/mol. The minimum atomic E-state index is -0.230. The number of rotatable bonds is 4. The molecule has 0 aliphatic carbocycles. The smallest absolute Gasteiger partial charge is 0.323 e. The topological polar surface area (TPSA) is 66.9 Å². The molecule has 0 N–H and O–H groups in total. The third-order valence-corrected chi connectivity index (χ3v) is 3.60. The van der Waals surface area contributed by atoms with Crippen LogP contribution in [0.1, 0.15) is 25.7 Å². The predicted molar refractivity (Wildman–Crippen MR) is 62.6 cm³/mol. The molecule has 2 saturated heterocycles. The largest absolute Gasteiger partial charge is 0.468 e. The van der Waals surface area contributed by atoms with Crippen LogP contribution < -0.4 is 0 Å². The van der Waals surface area contributed by atoms with Crippen LogP contribution in [0.25, 0.3) is 0 Å². The number of nitrogens with zero attached hydrogens (tertiary/aromatic N) is 2. The molecule has 2 heterocycles. The highest BCUT2D eigenvalue weighted by molar-refractivity contribution is 6.01. The maximum atomic E-state index is 11.5. The molecular formula is C12H18N2O4. The molecule has 0 saturated carbocycles. The van der Waals surface area contributed by atoms with E-state index in [-0.39, 0.29) is 23.8 Å². The van der Waals surface area contributed by atoms with Crippen molar-refractivity contribution >= 4 is 17.8 Å². The Hall–Kier alpha value is -1.43. The lowest BCUT2D eigenvalue weighted by atomic mass is 10.2. The molecule has 0 aromatic rings. The summed E-state index contributed by atoms with van der Waals surface area (Å²) in [5.74, 6) is -0.436. The van der Waals surface area contributed by atoms with E-state index in [0.717, 1.165) is 19.4 Å². The first-order chi connectivity index (χ1) is 8.63. The lowest BCUT2D eigenvalue weighted by Crippen LogP contribution is -2.43. The third-order valence-electron chi connectivity index (χ3n) is 3.60.